The Balaban J connectivity index is 1.90. The van der Waals surface area contributed by atoms with Crippen molar-refractivity contribution in [1.82, 2.24) is 9.97 Å². The molecule has 0 bridgehead atoms. The molecule has 0 fully saturated rings. The third kappa shape index (κ3) is 3.89. The molecule has 0 atom stereocenters. The van der Waals surface area contributed by atoms with Crippen molar-refractivity contribution in [1.29, 1.82) is 5.41 Å². The van der Waals surface area contributed by atoms with E-state index in [1.807, 2.05) is 20.8 Å². The number of amidine groups is 1. The summed E-state index contributed by atoms with van der Waals surface area (Å²) in [6.45, 7) is 5.53. The summed E-state index contributed by atoms with van der Waals surface area (Å²) in [5, 5.41) is 7.49. The van der Waals surface area contributed by atoms with Crippen molar-refractivity contribution in [3.05, 3.63) is 53.8 Å². The van der Waals surface area contributed by atoms with Crippen molar-refractivity contribution < 1.29 is 13.9 Å². The van der Waals surface area contributed by atoms with E-state index in [9.17, 15) is 9.18 Å². The summed E-state index contributed by atoms with van der Waals surface area (Å²) in [4.78, 5) is 21.3. The van der Waals surface area contributed by atoms with Gasteiger partial charge < -0.3 is 15.5 Å². The first kappa shape index (κ1) is 18.4. The van der Waals surface area contributed by atoms with Gasteiger partial charge in [-0.2, -0.15) is 4.98 Å². The first-order chi connectivity index (χ1) is 12.6. The van der Waals surface area contributed by atoms with E-state index in [-0.39, 0.29) is 17.7 Å². The van der Waals surface area contributed by atoms with E-state index in [1.54, 1.807) is 18.2 Å². The molecule has 0 radical (unpaired) electrons. The van der Waals surface area contributed by atoms with E-state index in [2.05, 4.69) is 9.97 Å². The van der Waals surface area contributed by atoms with E-state index in [4.69, 9.17) is 15.9 Å². The Morgan fingerprint density at radius 3 is 2.48 bits per heavy atom. The van der Waals surface area contributed by atoms with Gasteiger partial charge in [-0.25, -0.2) is 9.18 Å². The van der Waals surface area contributed by atoms with E-state index in [0.29, 0.717) is 22.3 Å². The highest BCUT2D eigenvalue weighted by Gasteiger charge is 2.30. The molecule has 3 aromatic rings. The standard InChI is InChI=1S/C19H20FN5O2/c1-19(2,3)25(13-7-5-12(20)6-8-13)18(26)27-17-23-14-9-4-11(16(21)22)10-15(14)24-17/h4-10H,1-3H3,(H3,21,22)(H,23,24). The number of nitrogen functional groups attached to an aromatic ring is 1. The molecule has 140 valence electrons. The van der Waals surface area contributed by atoms with Gasteiger partial charge in [0.25, 0.3) is 0 Å². The van der Waals surface area contributed by atoms with Gasteiger partial charge in [-0.05, 0) is 63.2 Å². The molecule has 0 saturated carbocycles. The van der Waals surface area contributed by atoms with E-state index in [0.717, 1.165) is 0 Å². The molecule has 1 aromatic heterocycles. The second-order valence-electron chi connectivity index (χ2n) is 7.04. The Labute approximate surface area is 155 Å². The van der Waals surface area contributed by atoms with Crippen molar-refractivity contribution in [2.75, 3.05) is 4.90 Å². The number of amides is 1. The number of rotatable bonds is 3. The molecule has 0 aliphatic carbocycles. The quantitative estimate of drug-likeness (QED) is 0.482. The van der Waals surface area contributed by atoms with Crippen molar-refractivity contribution in [3.8, 4) is 6.01 Å². The number of benzene rings is 2. The number of aromatic amines is 1. The zero-order chi connectivity index (χ0) is 19.8. The number of imidazole rings is 1. The van der Waals surface area contributed by atoms with E-state index in [1.165, 1.54) is 29.2 Å². The number of H-pyrrole nitrogens is 1. The lowest BCUT2D eigenvalue weighted by Gasteiger charge is -2.34. The third-order valence-corrected chi connectivity index (χ3v) is 3.89. The predicted octanol–water partition coefficient (Wildman–Crippen LogP) is 3.79. The lowest BCUT2D eigenvalue weighted by atomic mass is 10.1. The molecular weight excluding hydrogens is 349 g/mol. The number of nitrogens with zero attached hydrogens (tertiary/aromatic N) is 2. The van der Waals surface area contributed by atoms with Crippen LogP contribution in [0.2, 0.25) is 0 Å². The number of carbonyl (C=O) groups excluding carboxylic acids is 1. The zero-order valence-electron chi connectivity index (χ0n) is 15.2. The maximum Gasteiger partial charge on any atom is 0.422 e. The highest BCUT2D eigenvalue weighted by Crippen LogP contribution is 2.26. The normalized spacial score (nSPS) is 11.4. The second kappa shape index (κ2) is 6.71. The van der Waals surface area contributed by atoms with Crippen LogP contribution in [0, 0.1) is 11.2 Å². The maximum atomic E-state index is 13.2. The van der Waals surface area contributed by atoms with Crippen LogP contribution in [0.15, 0.2) is 42.5 Å². The Kier molecular flexibility index (Phi) is 4.57. The Bertz CT molecular complexity index is 1010. The first-order valence-electron chi connectivity index (χ1n) is 8.27. The Hall–Kier alpha value is -3.42. The summed E-state index contributed by atoms with van der Waals surface area (Å²) < 4.78 is 18.6. The molecule has 0 unspecified atom stereocenters. The topological polar surface area (TPSA) is 108 Å². The average molecular weight is 369 g/mol. The number of ether oxygens (including phenoxy) is 1. The van der Waals surface area contributed by atoms with Crippen LogP contribution in [0.3, 0.4) is 0 Å². The smallest absolute Gasteiger partial charge is 0.384 e. The number of hydrogen-bond donors (Lipinski definition) is 3. The highest BCUT2D eigenvalue weighted by atomic mass is 19.1. The number of nitrogens with one attached hydrogen (secondary N) is 2. The van der Waals surface area contributed by atoms with E-state index < -0.39 is 11.6 Å². The molecule has 1 amide bonds. The van der Waals surface area contributed by atoms with Gasteiger partial charge in [-0.15, -0.1) is 0 Å². The fourth-order valence-corrected chi connectivity index (χ4v) is 2.69. The number of nitrogens with two attached hydrogens (primary N) is 1. The molecule has 4 N–H and O–H groups in total. The average Bonchev–Trinajstić information content (AvgIpc) is 2.96. The molecule has 8 heteroatoms. The zero-order valence-corrected chi connectivity index (χ0v) is 15.2. The van der Waals surface area contributed by atoms with Gasteiger partial charge in [0.1, 0.15) is 11.7 Å². The molecule has 7 nitrogen and oxygen atoms in total. The largest absolute Gasteiger partial charge is 0.422 e. The van der Waals surface area contributed by atoms with Crippen molar-refractivity contribution >= 4 is 28.6 Å². The first-order valence-corrected chi connectivity index (χ1v) is 8.27. The highest BCUT2D eigenvalue weighted by molar-refractivity contribution is 5.98. The van der Waals surface area contributed by atoms with Gasteiger partial charge >= 0.3 is 12.1 Å². The van der Waals surface area contributed by atoms with Crippen molar-refractivity contribution in [3.63, 3.8) is 0 Å². The molecular formula is C19H20FN5O2. The van der Waals surface area contributed by atoms with Crippen LogP contribution in [0.4, 0.5) is 14.9 Å². The number of halogens is 1. The van der Waals surface area contributed by atoms with Crippen LogP contribution >= 0.6 is 0 Å². The van der Waals surface area contributed by atoms with E-state index >= 15 is 0 Å². The van der Waals surface area contributed by atoms with Gasteiger partial charge in [-0.1, -0.05) is 0 Å². The third-order valence-electron chi connectivity index (χ3n) is 3.89. The van der Waals surface area contributed by atoms with Crippen LogP contribution in [0.1, 0.15) is 26.3 Å². The predicted molar refractivity (Wildman–Crippen MR) is 102 cm³/mol. The Morgan fingerprint density at radius 1 is 1.22 bits per heavy atom. The lowest BCUT2D eigenvalue weighted by Crippen LogP contribution is -2.47. The van der Waals surface area contributed by atoms with Crippen molar-refractivity contribution in [2.45, 2.75) is 26.3 Å². The molecule has 0 aliphatic heterocycles. The molecule has 0 aliphatic rings. The van der Waals surface area contributed by atoms with Gasteiger partial charge in [0, 0.05) is 16.8 Å². The minimum absolute atomic E-state index is 0.0204. The molecule has 2 aromatic carbocycles. The summed E-state index contributed by atoms with van der Waals surface area (Å²) in [5.74, 6) is -0.459. The number of carbonyl (C=O) groups is 1. The van der Waals surface area contributed by atoms with Gasteiger partial charge in [0.2, 0.25) is 0 Å². The molecule has 0 spiro atoms. The monoisotopic (exact) mass is 369 g/mol. The van der Waals surface area contributed by atoms with Crippen LogP contribution < -0.4 is 15.4 Å². The van der Waals surface area contributed by atoms with Crippen LogP contribution in [-0.2, 0) is 0 Å². The minimum atomic E-state index is -0.653. The fourth-order valence-electron chi connectivity index (χ4n) is 2.69. The summed E-state index contributed by atoms with van der Waals surface area (Å²) in [6.07, 6.45) is -0.653. The molecule has 1 heterocycles. The number of fused-ring (bicyclic) bond motifs is 1. The van der Waals surface area contributed by atoms with Crippen molar-refractivity contribution in [2.24, 2.45) is 5.73 Å². The fraction of sp³-hybridized carbons (Fsp3) is 0.211. The van der Waals surface area contributed by atoms with Crippen LogP contribution in [0.25, 0.3) is 11.0 Å². The summed E-state index contributed by atoms with van der Waals surface area (Å²) in [5.41, 5.74) is 7.08. The molecule has 0 saturated heterocycles. The summed E-state index contributed by atoms with van der Waals surface area (Å²) in [7, 11) is 0. The van der Waals surface area contributed by atoms with Gasteiger partial charge in [0.15, 0.2) is 0 Å². The number of aromatic nitrogens is 2. The summed E-state index contributed by atoms with van der Waals surface area (Å²) >= 11 is 0. The van der Waals surface area contributed by atoms with Gasteiger partial charge in [0.05, 0.1) is 11.0 Å². The maximum absolute atomic E-state index is 13.2. The minimum Gasteiger partial charge on any atom is -0.384 e. The molecule has 27 heavy (non-hydrogen) atoms. The Morgan fingerprint density at radius 2 is 1.89 bits per heavy atom. The summed E-state index contributed by atoms with van der Waals surface area (Å²) in [6, 6.07) is 10.6. The lowest BCUT2D eigenvalue weighted by molar-refractivity contribution is 0.198. The van der Waals surface area contributed by atoms with Crippen LogP contribution in [-0.4, -0.2) is 27.4 Å². The number of anilines is 1. The number of hydrogen-bond acceptors (Lipinski definition) is 4. The molecule has 3 rings (SSSR count). The SMILES string of the molecule is CC(C)(C)N(C(=O)Oc1nc2ccc(C(=N)N)cc2[nH]1)c1ccc(F)cc1. The van der Waals surface area contributed by atoms with Crippen LogP contribution in [0.5, 0.6) is 6.01 Å². The van der Waals surface area contributed by atoms with Gasteiger partial charge in [-0.3, -0.25) is 10.3 Å². The second-order valence-corrected chi connectivity index (χ2v) is 7.04.